The zero-order valence-electron chi connectivity index (χ0n) is 19.1. The number of carbonyl (C=O) groups excluding carboxylic acids is 1. The fourth-order valence-electron chi connectivity index (χ4n) is 3.08. The van der Waals surface area contributed by atoms with E-state index in [0.29, 0.717) is 5.69 Å². The SMILES string of the molecule is CS(=O)(=O)Nc1c(F)cc(CNC(=O)/C=C/c2ccc(C(F)(F)F)nc2Nc2ccccc2)cc1C#N. The second-order valence-corrected chi connectivity index (χ2v) is 9.41. The van der Waals surface area contributed by atoms with E-state index in [-0.39, 0.29) is 29.1 Å². The molecule has 0 saturated carbocycles. The van der Waals surface area contributed by atoms with Crippen LogP contribution in [0.3, 0.4) is 0 Å². The zero-order valence-corrected chi connectivity index (χ0v) is 19.9. The van der Waals surface area contributed by atoms with Crippen LogP contribution in [0.5, 0.6) is 0 Å². The van der Waals surface area contributed by atoms with Crippen molar-refractivity contribution in [2.45, 2.75) is 12.7 Å². The Morgan fingerprint density at radius 3 is 2.46 bits per heavy atom. The lowest BCUT2D eigenvalue weighted by molar-refractivity contribution is -0.141. The fraction of sp³-hybridized carbons (Fsp3) is 0.125. The number of nitrogens with zero attached hydrogens (tertiary/aromatic N) is 2. The Labute approximate surface area is 209 Å². The summed E-state index contributed by atoms with van der Waals surface area (Å²) in [6, 6.07) is 14.2. The minimum atomic E-state index is -4.67. The molecular weight excluding hydrogens is 514 g/mol. The van der Waals surface area contributed by atoms with Crippen molar-refractivity contribution in [1.82, 2.24) is 10.3 Å². The van der Waals surface area contributed by atoms with Crippen molar-refractivity contribution in [3.63, 3.8) is 0 Å². The zero-order chi connectivity index (χ0) is 27.2. The normalized spacial score (nSPS) is 11.7. The lowest BCUT2D eigenvalue weighted by Gasteiger charge is -2.12. The minimum absolute atomic E-state index is 0.125. The summed E-state index contributed by atoms with van der Waals surface area (Å²) in [5, 5.41) is 14.5. The van der Waals surface area contributed by atoms with E-state index >= 15 is 0 Å². The van der Waals surface area contributed by atoms with Crippen LogP contribution in [0.15, 0.2) is 60.7 Å². The third-order valence-electron chi connectivity index (χ3n) is 4.69. The number of anilines is 3. The maximum absolute atomic E-state index is 14.4. The van der Waals surface area contributed by atoms with Gasteiger partial charge in [-0.2, -0.15) is 18.4 Å². The summed E-state index contributed by atoms with van der Waals surface area (Å²) in [7, 11) is -3.83. The van der Waals surface area contributed by atoms with Crippen molar-refractivity contribution in [2.75, 3.05) is 16.3 Å². The molecule has 3 N–H and O–H groups in total. The molecule has 0 atom stereocenters. The van der Waals surface area contributed by atoms with Crippen molar-refractivity contribution in [3.8, 4) is 6.07 Å². The van der Waals surface area contributed by atoms with E-state index in [9.17, 15) is 36.0 Å². The Bertz CT molecular complexity index is 1480. The Kier molecular flexibility index (Phi) is 8.14. The van der Waals surface area contributed by atoms with Gasteiger partial charge in [-0.25, -0.2) is 17.8 Å². The summed E-state index contributed by atoms with van der Waals surface area (Å²) >= 11 is 0. The minimum Gasteiger partial charge on any atom is -0.348 e. The Morgan fingerprint density at radius 1 is 1.14 bits per heavy atom. The topological polar surface area (TPSA) is 124 Å². The quantitative estimate of drug-likeness (QED) is 0.288. The van der Waals surface area contributed by atoms with Gasteiger partial charge in [0.2, 0.25) is 15.9 Å². The molecule has 3 aromatic rings. The molecule has 13 heteroatoms. The van der Waals surface area contributed by atoms with Crippen LogP contribution < -0.4 is 15.4 Å². The smallest absolute Gasteiger partial charge is 0.348 e. The lowest BCUT2D eigenvalue weighted by atomic mass is 10.1. The molecule has 1 aromatic heterocycles. The molecule has 0 radical (unpaired) electrons. The summed E-state index contributed by atoms with van der Waals surface area (Å²) in [6.07, 6.45) is -1.55. The average Bonchev–Trinajstić information content (AvgIpc) is 2.82. The lowest BCUT2D eigenvalue weighted by Crippen LogP contribution is -2.21. The second kappa shape index (κ2) is 11.1. The van der Waals surface area contributed by atoms with Gasteiger partial charge in [-0.05, 0) is 48.0 Å². The van der Waals surface area contributed by atoms with Gasteiger partial charge in [-0.3, -0.25) is 9.52 Å². The molecule has 0 spiro atoms. The van der Waals surface area contributed by atoms with Crippen LogP contribution in [-0.2, 0) is 27.5 Å². The molecule has 0 fully saturated rings. The fourth-order valence-corrected chi connectivity index (χ4v) is 3.65. The largest absolute Gasteiger partial charge is 0.433 e. The highest BCUT2D eigenvalue weighted by molar-refractivity contribution is 7.92. The van der Waals surface area contributed by atoms with Crippen LogP contribution in [0, 0.1) is 17.1 Å². The van der Waals surface area contributed by atoms with E-state index in [4.69, 9.17) is 0 Å². The first-order valence-corrected chi connectivity index (χ1v) is 12.3. The number of nitrogens with one attached hydrogen (secondary N) is 3. The van der Waals surface area contributed by atoms with Crippen molar-refractivity contribution in [3.05, 3.63) is 88.9 Å². The second-order valence-electron chi connectivity index (χ2n) is 7.66. The molecule has 8 nitrogen and oxygen atoms in total. The maximum Gasteiger partial charge on any atom is 0.433 e. The van der Waals surface area contributed by atoms with Crippen LogP contribution in [0.1, 0.15) is 22.4 Å². The van der Waals surface area contributed by atoms with E-state index in [0.717, 1.165) is 30.5 Å². The van der Waals surface area contributed by atoms with Crippen molar-refractivity contribution < 1.29 is 30.8 Å². The van der Waals surface area contributed by atoms with E-state index < -0.39 is 39.3 Å². The molecule has 0 saturated heterocycles. The maximum atomic E-state index is 14.4. The van der Waals surface area contributed by atoms with Gasteiger partial charge in [-0.1, -0.05) is 18.2 Å². The molecular formula is C24H19F4N5O3S. The molecule has 37 heavy (non-hydrogen) atoms. The van der Waals surface area contributed by atoms with Gasteiger partial charge in [0.1, 0.15) is 29.1 Å². The highest BCUT2D eigenvalue weighted by Gasteiger charge is 2.33. The van der Waals surface area contributed by atoms with Gasteiger partial charge < -0.3 is 10.6 Å². The molecule has 2 aromatic carbocycles. The highest BCUT2D eigenvalue weighted by atomic mass is 32.2. The molecule has 0 aliphatic heterocycles. The van der Waals surface area contributed by atoms with Crippen LogP contribution in [0.25, 0.3) is 6.08 Å². The summed E-state index contributed by atoms with van der Waals surface area (Å²) in [4.78, 5) is 15.9. The van der Waals surface area contributed by atoms with E-state index in [1.54, 1.807) is 36.4 Å². The number of hydrogen-bond donors (Lipinski definition) is 3. The Hall–Kier alpha value is -4.44. The van der Waals surface area contributed by atoms with E-state index in [1.807, 2.05) is 4.72 Å². The first-order valence-electron chi connectivity index (χ1n) is 10.4. The van der Waals surface area contributed by atoms with Gasteiger partial charge in [-0.15, -0.1) is 0 Å². The van der Waals surface area contributed by atoms with Gasteiger partial charge in [0.15, 0.2) is 0 Å². The van der Waals surface area contributed by atoms with Crippen molar-refractivity contribution in [2.24, 2.45) is 0 Å². The van der Waals surface area contributed by atoms with Gasteiger partial charge >= 0.3 is 6.18 Å². The molecule has 0 unspecified atom stereocenters. The number of amides is 1. The number of rotatable bonds is 8. The molecule has 1 amide bonds. The van der Waals surface area contributed by atoms with Crippen LogP contribution in [-0.4, -0.2) is 25.6 Å². The Morgan fingerprint density at radius 2 is 1.84 bits per heavy atom. The molecule has 1 heterocycles. The standard InChI is InChI=1S/C24H19F4N5O3S/c1-37(35,36)33-22-17(13-29)11-15(12-19(22)25)14-30-21(34)10-8-16-7-9-20(24(26,27)28)32-23(16)31-18-5-3-2-4-6-18/h2-12,33H,14H2,1H3,(H,30,34)(H,31,32)/b10-8+. The van der Waals surface area contributed by atoms with Crippen LogP contribution in [0.2, 0.25) is 0 Å². The number of pyridine rings is 1. The van der Waals surface area contributed by atoms with Gasteiger partial charge in [0, 0.05) is 23.9 Å². The molecule has 3 rings (SSSR count). The Balaban J connectivity index is 1.77. The van der Waals surface area contributed by atoms with Crippen LogP contribution in [0.4, 0.5) is 34.8 Å². The molecule has 192 valence electrons. The number of para-hydroxylation sites is 1. The summed E-state index contributed by atoms with van der Waals surface area (Å²) in [6.45, 7) is -0.214. The number of benzene rings is 2. The number of nitriles is 1. The van der Waals surface area contributed by atoms with Crippen LogP contribution >= 0.6 is 0 Å². The first kappa shape index (κ1) is 27.2. The molecule has 0 aliphatic carbocycles. The number of hydrogen-bond acceptors (Lipinski definition) is 6. The van der Waals surface area contributed by atoms with E-state index in [1.165, 1.54) is 12.1 Å². The van der Waals surface area contributed by atoms with Gasteiger partial charge in [0.25, 0.3) is 0 Å². The monoisotopic (exact) mass is 533 g/mol. The number of carbonyl (C=O) groups is 1. The summed E-state index contributed by atoms with van der Waals surface area (Å²) in [5.41, 5.74) is -1.04. The predicted octanol–water partition coefficient (Wildman–Crippen LogP) is 4.56. The third-order valence-corrected chi connectivity index (χ3v) is 5.27. The number of aromatic nitrogens is 1. The summed E-state index contributed by atoms with van der Waals surface area (Å²) in [5.74, 6) is -1.79. The van der Waals surface area contributed by atoms with Crippen molar-refractivity contribution >= 4 is 39.2 Å². The van der Waals surface area contributed by atoms with Crippen molar-refractivity contribution in [1.29, 1.82) is 5.26 Å². The van der Waals surface area contributed by atoms with Gasteiger partial charge in [0.05, 0.1) is 11.8 Å². The molecule has 0 bridgehead atoms. The average molecular weight is 534 g/mol. The number of sulfonamides is 1. The summed E-state index contributed by atoms with van der Waals surface area (Å²) < 4.78 is 78.5. The van der Waals surface area contributed by atoms with E-state index in [2.05, 4.69) is 15.6 Å². The predicted molar refractivity (Wildman–Crippen MR) is 129 cm³/mol. The highest BCUT2D eigenvalue weighted by Crippen LogP contribution is 2.31. The number of halogens is 4. The molecule has 0 aliphatic rings. The first-order chi connectivity index (χ1) is 17.4. The number of alkyl halides is 3. The third kappa shape index (κ3) is 7.77.